The number of ether oxygens (including phenoxy) is 1. The van der Waals surface area contributed by atoms with E-state index in [9.17, 15) is 23.2 Å². The van der Waals surface area contributed by atoms with Crippen molar-refractivity contribution in [2.45, 2.75) is 6.92 Å². The van der Waals surface area contributed by atoms with Crippen molar-refractivity contribution in [3.05, 3.63) is 65.2 Å². The maximum Gasteiger partial charge on any atom is 0.257 e. The Hall–Kier alpha value is -3.33. The molecule has 2 aromatic carbocycles. The van der Waals surface area contributed by atoms with Gasteiger partial charge in [-0.25, -0.2) is 8.78 Å². The number of nitrogens with zero attached hydrogens (tertiary/aromatic N) is 1. The molecule has 0 saturated carbocycles. The van der Waals surface area contributed by atoms with Gasteiger partial charge in [-0.15, -0.1) is 0 Å². The molecule has 0 heterocycles. The lowest BCUT2D eigenvalue weighted by Crippen LogP contribution is -2.44. The van der Waals surface area contributed by atoms with Gasteiger partial charge in [-0.05, 0) is 31.2 Å². The summed E-state index contributed by atoms with van der Waals surface area (Å²) in [4.78, 5) is 37.8. The maximum absolute atomic E-state index is 13.9. The minimum absolute atomic E-state index is 0.00906. The fourth-order valence-electron chi connectivity index (χ4n) is 2.54. The predicted molar refractivity (Wildman–Crippen MR) is 107 cm³/mol. The summed E-state index contributed by atoms with van der Waals surface area (Å²) in [6.45, 7) is 1.31. The van der Waals surface area contributed by atoms with Crippen molar-refractivity contribution in [1.82, 2.24) is 10.2 Å². The summed E-state index contributed by atoms with van der Waals surface area (Å²) in [5, 5.41) is 5.05. The van der Waals surface area contributed by atoms with Gasteiger partial charge in [0.25, 0.3) is 5.91 Å². The molecule has 30 heavy (non-hydrogen) atoms. The number of hydrogen-bond acceptors (Lipinski definition) is 4. The zero-order valence-corrected chi connectivity index (χ0v) is 16.7. The molecule has 0 fully saturated rings. The van der Waals surface area contributed by atoms with Crippen molar-refractivity contribution in [3.8, 4) is 0 Å². The Balaban J connectivity index is 1.94. The van der Waals surface area contributed by atoms with Crippen LogP contribution in [-0.4, -0.2) is 56.0 Å². The van der Waals surface area contributed by atoms with Gasteiger partial charge in [0.2, 0.25) is 11.8 Å². The van der Waals surface area contributed by atoms with Crippen LogP contribution in [0.5, 0.6) is 0 Å². The molecule has 3 amide bonds. The third-order valence-corrected chi connectivity index (χ3v) is 4.13. The van der Waals surface area contributed by atoms with Gasteiger partial charge in [-0.2, -0.15) is 0 Å². The monoisotopic (exact) mass is 419 g/mol. The summed E-state index contributed by atoms with van der Waals surface area (Å²) in [6.07, 6.45) is 0. The van der Waals surface area contributed by atoms with Gasteiger partial charge in [0.1, 0.15) is 11.6 Å². The van der Waals surface area contributed by atoms with Crippen LogP contribution in [0.15, 0.2) is 42.5 Å². The van der Waals surface area contributed by atoms with Gasteiger partial charge in [0, 0.05) is 25.4 Å². The smallest absolute Gasteiger partial charge is 0.257 e. The second-order valence-corrected chi connectivity index (χ2v) is 6.53. The molecule has 0 aromatic heterocycles. The molecule has 160 valence electrons. The topological polar surface area (TPSA) is 87.7 Å². The Morgan fingerprint density at radius 3 is 2.37 bits per heavy atom. The van der Waals surface area contributed by atoms with Crippen LogP contribution in [0.25, 0.3) is 0 Å². The number of nitrogens with one attached hydrogen (secondary N) is 2. The molecule has 7 nitrogen and oxygen atoms in total. The first-order valence-electron chi connectivity index (χ1n) is 9.16. The summed E-state index contributed by atoms with van der Waals surface area (Å²) in [5.41, 5.74) is 1.26. The first kappa shape index (κ1) is 23.0. The quantitative estimate of drug-likeness (QED) is 0.652. The lowest BCUT2D eigenvalue weighted by molar-refractivity contribution is -0.124. The average molecular weight is 419 g/mol. The number of carbonyl (C=O) groups excluding carboxylic acids is 3. The number of carbonyl (C=O) groups is 3. The lowest BCUT2D eigenvalue weighted by Gasteiger charge is -2.22. The molecular weight excluding hydrogens is 396 g/mol. The lowest BCUT2D eigenvalue weighted by atomic mass is 10.1. The number of benzene rings is 2. The van der Waals surface area contributed by atoms with E-state index >= 15 is 0 Å². The van der Waals surface area contributed by atoms with Crippen molar-refractivity contribution in [3.63, 3.8) is 0 Å². The zero-order chi connectivity index (χ0) is 22.1. The van der Waals surface area contributed by atoms with Gasteiger partial charge in [0.05, 0.1) is 25.3 Å². The summed E-state index contributed by atoms with van der Waals surface area (Å²) >= 11 is 0. The second-order valence-electron chi connectivity index (χ2n) is 6.53. The minimum atomic E-state index is -1.03. The number of hydrogen-bond donors (Lipinski definition) is 2. The zero-order valence-electron chi connectivity index (χ0n) is 16.7. The van der Waals surface area contributed by atoms with Crippen molar-refractivity contribution in [2.75, 3.05) is 38.7 Å². The number of rotatable bonds is 9. The molecule has 2 rings (SSSR count). The second kappa shape index (κ2) is 11.0. The minimum Gasteiger partial charge on any atom is -0.383 e. The standard InChI is InChI=1S/C21H23F2N3O4/c1-14-3-6-16(7-4-14)25-19(27)12-24-20(28)13-26(9-10-30-2)21(29)17-8-5-15(22)11-18(17)23/h3-8,11H,9-10,12-13H2,1-2H3,(H,24,28)(H,25,27). The Bertz CT molecular complexity index is 904. The first-order chi connectivity index (χ1) is 14.3. The van der Waals surface area contributed by atoms with E-state index in [0.29, 0.717) is 11.8 Å². The molecule has 0 radical (unpaired) electrons. The normalized spacial score (nSPS) is 10.4. The summed E-state index contributed by atoms with van der Waals surface area (Å²) in [6, 6.07) is 9.70. The number of aryl methyl sites for hydroxylation is 1. The summed E-state index contributed by atoms with van der Waals surface area (Å²) < 4.78 is 31.9. The van der Waals surface area contributed by atoms with Crippen LogP contribution < -0.4 is 10.6 Å². The fraction of sp³-hybridized carbons (Fsp3) is 0.286. The summed E-state index contributed by atoms with van der Waals surface area (Å²) in [7, 11) is 1.41. The molecule has 9 heteroatoms. The van der Waals surface area contributed by atoms with Gasteiger partial charge < -0.3 is 20.3 Å². The van der Waals surface area contributed by atoms with Crippen LogP contribution in [0.2, 0.25) is 0 Å². The highest BCUT2D eigenvalue weighted by Crippen LogP contribution is 2.12. The predicted octanol–water partition coefficient (Wildman–Crippen LogP) is 2.12. The molecule has 2 aromatic rings. The van der Waals surface area contributed by atoms with Crippen LogP contribution in [0.3, 0.4) is 0 Å². The Morgan fingerprint density at radius 2 is 1.73 bits per heavy atom. The Kier molecular flexibility index (Phi) is 8.42. The van der Waals surface area contributed by atoms with Gasteiger partial charge in [-0.1, -0.05) is 17.7 Å². The van der Waals surface area contributed by atoms with Crippen molar-refractivity contribution in [1.29, 1.82) is 0 Å². The van der Waals surface area contributed by atoms with Crippen LogP contribution in [0.4, 0.5) is 14.5 Å². The maximum atomic E-state index is 13.9. The molecule has 0 bridgehead atoms. The third kappa shape index (κ3) is 6.93. The fourth-order valence-corrected chi connectivity index (χ4v) is 2.54. The summed E-state index contributed by atoms with van der Waals surface area (Å²) in [5.74, 6) is -3.68. The average Bonchev–Trinajstić information content (AvgIpc) is 2.71. The van der Waals surface area contributed by atoms with E-state index < -0.39 is 35.9 Å². The van der Waals surface area contributed by atoms with E-state index in [4.69, 9.17) is 4.74 Å². The highest BCUT2D eigenvalue weighted by Gasteiger charge is 2.22. The number of halogens is 2. The van der Waals surface area contributed by atoms with Gasteiger partial charge in [0.15, 0.2) is 0 Å². The van der Waals surface area contributed by atoms with Crippen molar-refractivity contribution in [2.24, 2.45) is 0 Å². The van der Waals surface area contributed by atoms with Crippen LogP contribution >= 0.6 is 0 Å². The largest absolute Gasteiger partial charge is 0.383 e. The SMILES string of the molecule is COCCN(CC(=O)NCC(=O)Nc1ccc(C)cc1)C(=O)c1ccc(F)cc1F. The van der Waals surface area contributed by atoms with Gasteiger partial charge >= 0.3 is 0 Å². The van der Waals surface area contributed by atoms with Crippen LogP contribution in [0.1, 0.15) is 15.9 Å². The van der Waals surface area contributed by atoms with E-state index in [-0.39, 0.29) is 25.3 Å². The van der Waals surface area contributed by atoms with Crippen molar-refractivity contribution < 1.29 is 27.9 Å². The molecule has 0 atom stereocenters. The van der Waals surface area contributed by atoms with Crippen LogP contribution in [-0.2, 0) is 14.3 Å². The van der Waals surface area contributed by atoms with Gasteiger partial charge in [-0.3, -0.25) is 14.4 Å². The molecule has 0 spiro atoms. The Labute approximate surface area is 173 Å². The molecule has 0 unspecified atom stereocenters. The van der Waals surface area contributed by atoms with E-state index in [1.165, 1.54) is 7.11 Å². The molecule has 0 aliphatic rings. The molecule has 0 aliphatic carbocycles. The third-order valence-electron chi connectivity index (χ3n) is 4.13. The highest BCUT2D eigenvalue weighted by molar-refractivity contribution is 5.98. The first-order valence-corrected chi connectivity index (χ1v) is 9.16. The molecule has 2 N–H and O–H groups in total. The van der Waals surface area contributed by atoms with E-state index in [1.807, 2.05) is 19.1 Å². The number of methoxy groups -OCH3 is 1. The molecule has 0 aliphatic heterocycles. The Morgan fingerprint density at radius 1 is 1.03 bits per heavy atom. The number of amides is 3. The molecular formula is C21H23F2N3O4. The number of anilines is 1. The molecule has 0 saturated heterocycles. The van der Waals surface area contributed by atoms with E-state index in [1.54, 1.807) is 12.1 Å². The van der Waals surface area contributed by atoms with E-state index in [2.05, 4.69) is 10.6 Å². The highest BCUT2D eigenvalue weighted by atomic mass is 19.1. The van der Waals surface area contributed by atoms with Crippen LogP contribution in [0, 0.1) is 18.6 Å². The van der Waals surface area contributed by atoms with E-state index in [0.717, 1.165) is 22.6 Å². The van der Waals surface area contributed by atoms with Crippen molar-refractivity contribution >= 4 is 23.4 Å².